The molecule has 22 heavy (non-hydrogen) atoms. The Labute approximate surface area is 132 Å². The van der Waals surface area contributed by atoms with Crippen molar-refractivity contribution in [3.05, 3.63) is 71.8 Å². The molecule has 1 fully saturated rings. The monoisotopic (exact) mass is 294 g/mol. The molecule has 0 spiro atoms. The summed E-state index contributed by atoms with van der Waals surface area (Å²) in [6, 6.07) is 20.8. The lowest BCUT2D eigenvalue weighted by atomic mass is 9.89. The number of hydrogen-bond donors (Lipinski definition) is 1. The van der Waals surface area contributed by atoms with Crippen LogP contribution in [0.25, 0.3) is 0 Å². The second-order valence-corrected chi connectivity index (χ2v) is 6.08. The van der Waals surface area contributed by atoms with Crippen LogP contribution in [0.3, 0.4) is 0 Å². The van der Waals surface area contributed by atoms with Crippen LogP contribution >= 0.6 is 0 Å². The first-order chi connectivity index (χ1) is 10.7. The van der Waals surface area contributed by atoms with Gasteiger partial charge in [0.1, 0.15) is 0 Å². The van der Waals surface area contributed by atoms with Crippen molar-refractivity contribution in [2.45, 2.75) is 25.4 Å². The number of benzene rings is 2. The summed E-state index contributed by atoms with van der Waals surface area (Å²) in [5.74, 6) is 0.0328. The molecule has 2 aromatic rings. The lowest BCUT2D eigenvalue weighted by Crippen LogP contribution is -2.47. The zero-order valence-electron chi connectivity index (χ0n) is 13.0. The number of carbonyl (C=O) groups excluding carboxylic acids is 1. The van der Waals surface area contributed by atoms with Crippen molar-refractivity contribution in [2.24, 2.45) is 0 Å². The molecule has 0 aromatic heterocycles. The maximum atomic E-state index is 11.7. The van der Waals surface area contributed by atoms with Gasteiger partial charge in [0.15, 0.2) is 0 Å². The molecule has 114 valence electrons. The smallest absolute Gasteiger partial charge is 0.217 e. The van der Waals surface area contributed by atoms with Gasteiger partial charge in [-0.1, -0.05) is 60.7 Å². The summed E-state index contributed by atoms with van der Waals surface area (Å²) in [4.78, 5) is 14.1. The molecule has 0 saturated carbocycles. The SMILES string of the molecule is CC(=O)N[C@@]1(c2ccccc2)CCN(Cc2ccccc2)C1. The fourth-order valence-electron chi connectivity index (χ4n) is 3.37. The van der Waals surface area contributed by atoms with Crippen LogP contribution in [0.2, 0.25) is 0 Å². The summed E-state index contributed by atoms with van der Waals surface area (Å²) in [7, 11) is 0. The van der Waals surface area contributed by atoms with E-state index in [1.165, 1.54) is 11.1 Å². The molecule has 3 heteroatoms. The van der Waals surface area contributed by atoms with Crippen LogP contribution in [-0.2, 0) is 16.9 Å². The van der Waals surface area contributed by atoms with Gasteiger partial charge in [-0.25, -0.2) is 0 Å². The molecule has 0 radical (unpaired) electrons. The Bertz CT molecular complexity index is 626. The summed E-state index contributed by atoms with van der Waals surface area (Å²) in [6.45, 7) is 4.37. The predicted octanol–water partition coefficient (Wildman–Crippen LogP) is 2.92. The maximum Gasteiger partial charge on any atom is 0.217 e. The number of rotatable bonds is 4. The van der Waals surface area contributed by atoms with Crippen LogP contribution in [0.15, 0.2) is 60.7 Å². The summed E-state index contributed by atoms with van der Waals surface area (Å²) in [6.07, 6.45) is 0.948. The van der Waals surface area contributed by atoms with Crippen molar-refractivity contribution >= 4 is 5.91 Å². The van der Waals surface area contributed by atoms with Crippen molar-refractivity contribution in [3.8, 4) is 0 Å². The number of nitrogens with zero attached hydrogens (tertiary/aromatic N) is 1. The van der Waals surface area contributed by atoms with Gasteiger partial charge in [-0.2, -0.15) is 0 Å². The molecule has 2 aromatic carbocycles. The zero-order chi connectivity index (χ0) is 15.4. The summed E-state index contributed by atoms with van der Waals surface area (Å²) < 4.78 is 0. The first-order valence-electron chi connectivity index (χ1n) is 7.78. The molecule has 0 unspecified atom stereocenters. The fraction of sp³-hybridized carbons (Fsp3) is 0.316. The van der Waals surface area contributed by atoms with E-state index in [2.05, 4.69) is 46.6 Å². The van der Waals surface area contributed by atoms with E-state index in [0.29, 0.717) is 0 Å². The predicted molar refractivity (Wildman–Crippen MR) is 88.3 cm³/mol. The second-order valence-electron chi connectivity index (χ2n) is 6.08. The Kier molecular flexibility index (Phi) is 4.25. The summed E-state index contributed by atoms with van der Waals surface area (Å²) in [5.41, 5.74) is 2.25. The minimum absolute atomic E-state index is 0.0328. The van der Waals surface area contributed by atoms with Crippen LogP contribution in [-0.4, -0.2) is 23.9 Å². The topological polar surface area (TPSA) is 32.3 Å². The third-order valence-electron chi connectivity index (χ3n) is 4.34. The van der Waals surface area contributed by atoms with Gasteiger partial charge in [0.2, 0.25) is 5.91 Å². The largest absolute Gasteiger partial charge is 0.345 e. The highest BCUT2D eigenvalue weighted by Gasteiger charge is 2.40. The highest BCUT2D eigenvalue weighted by molar-refractivity contribution is 5.74. The average molecular weight is 294 g/mol. The Morgan fingerprint density at radius 3 is 2.36 bits per heavy atom. The van der Waals surface area contributed by atoms with Crippen LogP contribution in [0.5, 0.6) is 0 Å². The molecule has 1 amide bonds. The quantitative estimate of drug-likeness (QED) is 0.940. The molecule has 0 bridgehead atoms. The van der Waals surface area contributed by atoms with Crippen LogP contribution < -0.4 is 5.32 Å². The lowest BCUT2D eigenvalue weighted by molar-refractivity contribution is -0.120. The highest BCUT2D eigenvalue weighted by atomic mass is 16.1. The van der Waals surface area contributed by atoms with Crippen molar-refractivity contribution < 1.29 is 4.79 Å². The van der Waals surface area contributed by atoms with Gasteiger partial charge in [0, 0.05) is 26.6 Å². The molecule has 1 aliphatic rings. The van der Waals surface area contributed by atoms with E-state index >= 15 is 0 Å². The molecular weight excluding hydrogens is 272 g/mol. The minimum atomic E-state index is -0.262. The van der Waals surface area contributed by atoms with Crippen molar-refractivity contribution in [3.63, 3.8) is 0 Å². The van der Waals surface area contributed by atoms with Crippen molar-refractivity contribution in [1.29, 1.82) is 0 Å². The zero-order valence-corrected chi connectivity index (χ0v) is 13.0. The van der Waals surface area contributed by atoms with E-state index in [1.54, 1.807) is 6.92 Å². The van der Waals surface area contributed by atoms with Crippen molar-refractivity contribution in [1.82, 2.24) is 10.2 Å². The van der Waals surface area contributed by atoms with Gasteiger partial charge < -0.3 is 5.32 Å². The molecule has 0 aliphatic carbocycles. The summed E-state index contributed by atoms with van der Waals surface area (Å²) >= 11 is 0. The van der Waals surface area contributed by atoms with Gasteiger partial charge in [0.05, 0.1) is 5.54 Å². The van der Waals surface area contributed by atoms with E-state index in [1.807, 2.05) is 24.3 Å². The normalized spacial score (nSPS) is 21.7. The lowest BCUT2D eigenvalue weighted by Gasteiger charge is -2.31. The third-order valence-corrected chi connectivity index (χ3v) is 4.34. The van der Waals surface area contributed by atoms with Gasteiger partial charge in [-0.15, -0.1) is 0 Å². The number of hydrogen-bond acceptors (Lipinski definition) is 2. The first kappa shape index (κ1) is 14.8. The van der Waals surface area contributed by atoms with E-state index in [4.69, 9.17) is 0 Å². The molecule has 1 N–H and O–H groups in total. The van der Waals surface area contributed by atoms with E-state index in [0.717, 1.165) is 26.1 Å². The molecule has 3 rings (SSSR count). The molecular formula is C19H22N2O. The first-order valence-corrected chi connectivity index (χ1v) is 7.78. The van der Waals surface area contributed by atoms with Gasteiger partial charge in [0.25, 0.3) is 0 Å². The molecule has 1 aliphatic heterocycles. The fourth-order valence-corrected chi connectivity index (χ4v) is 3.37. The molecule has 1 atom stereocenters. The van der Waals surface area contributed by atoms with E-state index in [9.17, 15) is 4.79 Å². The highest BCUT2D eigenvalue weighted by Crippen LogP contribution is 2.32. The van der Waals surface area contributed by atoms with Crippen LogP contribution in [0.1, 0.15) is 24.5 Å². The average Bonchev–Trinajstić information content (AvgIpc) is 2.92. The minimum Gasteiger partial charge on any atom is -0.345 e. The Balaban J connectivity index is 1.79. The number of nitrogens with one attached hydrogen (secondary N) is 1. The standard InChI is InChI=1S/C19H22N2O/c1-16(22)20-19(18-10-6-3-7-11-18)12-13-21(15-19)14-17-8-4-2-5-9-17/h2-11H,12-15H2,1H3,(H,20,22)/t19-/m0/s1. The van der Waals surface area contributed by atoms with E-state index < -0.39 is 0 Å². The van der Waals surface area contributed by atoms with Crippen LogP contribution in [0, 0.1) is 0 Å². The maximum absolute atomic E-state index is 11.7. The van der Waals surface area contributed by atoms with Gasteiger partial charge in [-0.05, 0) is 17.5 Å². The number of carbonyl (C=O) groups is 1. The van der Waals surface area contributed by atoms with Crippen LogP contribution in [0.4, 0.5) is 0 Å². The van der Waals surface area contributed by atoms with Gasteiger partial charge in [-0.3, -0.25) is 9.69 Å². The Morgan fingerprint density at radius 1 is 1.09 bits per heavy atom. The Hall–Kier alpha value is -2.13. The number of likely N-dealkylation sites (tertiary alicyclic amines) is 1. The number of amides is 1. The van der Waals surface area contributed by atoms with Crippen molar-refractivity contribution in [2.75, 3.05) is 13.1 Å². The van der Waals surface area contributed by atoms with E-state index in [-0.39, 0.29) is 11.4 Å². The summed E-state index contributed by atoms with van der Waals surface area (Å²) in [5, 5.41) is 3.21. The molecule has 3 nitrogen and oxygen atoms in total. The van der Waals surface area contributed by atoms with Gasteiger partial charge >= 0.3 is 0 Å². The third kappa shape index (κ3) is 3.20. The molecule has 1 heterocycles. The second kappa shape index (κ2) is 6.32. The molecule has 1 saturated heterocycles. The Morgan fingerprint density at radius 2 is 1.73 bits per heavy atom.